The first-order chi connectivity index (χ1) is 15.6. The number of amides is 2. The monoisotopic (exact) mass is 442 g/mol. The van der Waals surface area contributed by atoms with Gasteiger partial charge in [0, 0.05) is 58.9 Å². The molecule has 1 aromatic rings. The van der Waals surface area contributed by atoms with Crippen LogP contribution < -0.4 is 4.90 Å². The first-order valence-electron chi connectivity index (χ1n) is 12.1. The second-order valence-corrected chi connectivity index (χ2v) is 9.56. The van der Waals surface area contributed by atoms with Crippen molar-refractivity contribution in [3.05, 3.63) is 18.1 Å². The quantitative estimate of drug-likeness (QED) is 0.669. The van der Waals surface area contributed by atoms with E-state index in [1.54, 1.807) is 12.4 Å². The van der Waals surface area contributed by atoms with Crippen molar-refractivity contribution in [2.45, 2.75) is 32.1 Å². The zero-order chi connectivity index (χ0) is 22.0. The summed E-state index contributed by atoms with van der Waals surface area (Å²) < 4.78 is 5.42. The summed E-state index contributed by atoms with van der Waals surface area (Å²) >= 11 is 0. The smallest absolute Gasteiger partial charge is 0.274 e. The number of piperidine rings is 1. The molecule has 4 fully saturated rings. The molecular weight excluding hydrogens is 408 g/mol. The summed E-state index contributed by atoms with van der Waals surface area (Å²) in [5.41, 5.74) is 0.0924. The summed E-state index contributed by atoms with van der Waals surface area (Å²) in [4.78, 5) is 43.6. The van der Waals surface area contributed by atoms with Gasteiger partial charge in [0.1, 0.15) is 11.5 Å². The van der Waals surface area contributed by atoms with Crippen LogP contribution in [0.2, 0.25) is 0 Å². The first kappa shape index (κ1) is 21.6. The molecule has 4 aliphatic rings. The van der Waals surface area contributed by atoms with Crippen molar-refractivity contribution in [3.63, 3.8) is 0 Å². The van der Waals surface area contributed by atoms with Gasteiger partial charge in [-0.3, -0.25) is 19.5 Å². The van der Waals surface area contributed by atoms with Crippen LogP contribution in [0, 0.1) is 5.41 Å². The molecule has 0 aliphatic carbocycles. The van der Waals surface area contributed by atoms with E-state index in [1.807, 2.05) is 9.80 Å². The SMILES string of the molecule is O=C(c1cncc(N2CCC3(CCN(CCN4CCOCC4)C3=O)C2)n1)N1CCCCC1. The Bertz CT molecular complexity index is 839. The Morgan fingerprint density at radius 3 is 2.56 bits per heavy atom. The molecule has 4 saturated heterocycles. The molecule has 174 valence electrons. The largest absolute Gasteiger partial charge is 0.379 e. The predicted molar refractivity (Wildman–Crippen MR) is 120 cm³/mol. The summed E-state index contributed by atoms with van der Waals surface area (Å²) in [6, 6.07) is 0. The third kappa shape index (κ3) is 4.32. The summed E-state index contributed by atoms with van der Waals surface area (Å²) in [5.74, 6) is 0.963. The van der Waals surface area contributed by atoms with Crippen molar-refractivity contribution in [2.75, 3.05) is 77.0 Å². The maximum atomic E-state index is 13.3. The topological polar surface area (TPSA) is 82.1 Å². The van der Waals surface area contributed by atoms with Crippen LogP contribution in [-0.2, 0) is 9.53 Å². The van der Waals surface area contributed by atoms with Gasteiger partial charge >= 0.3 is 0 Å². The third-order valence-corrected chi connectivity index (χ3v) is 7.55. The summed E-state index contributed by atoms with van der Waals surface area (Å²) in [5, 5.41) is 0. The highest BCUT2D eigenvalue weighted by molar-refractivity contribution is 5.92. The van der Waals surface area contributed by atoms with Crippen molar-refractivity contribution in [2.24, 2.45) is 5.41 Å². The number of hydrogen-bond acceptors (Lipinski definition) is 7. The molecule has 1 atom stereocenters. The molecule has 32 heavy (non-hydrogen) atoms. The lowest BCUT2D eigenvalue weighted by molar-refractivity contribution is -0.135. The second-order valence-electron chi connectivity index (χ2n) is 9.56. The minimum Gasteiger partial charge on any atom is -0.379 e. The lowest BCUT2D eigenvalue weighted by Crippen LogP contribution is -2.43. The molecule has 4 aliphatic heterocycles. The Morgan fingerprint density at radius 2 is 1.75 bits per heavy atom. The molecule has 1 unspecified atom stereocenters. The number of carbonyl (C=O) groups is 2. The normalized spacial score (nSPS) is 27.0. The lowest BCUT2D eigenvalue weighted by atomic mass is 9.85. The highest BCUT2D eigenvalue weighted by atomic mass is 16.5. The highest BCUT2D eigenvalue weighted by Crippen LogP contribution is 2.41. The Balaban J connectivity index is 1.20. The zero-order valence-corrected chi connectivity index (χ0v) is 18.9. The standard InChI is InChI=1S/C23H34N6O3/c30-21(27-6-2-1-3-7-27)19-16-24-17-20(25-19)29-9-5-23(18-29)4-8-28(22(23)31)11-10-26-12-14-32-15-13-26/h16-17H,1-15,18H2. The van der Waals surface area contributed by atoms with E-state index in [9.17, 15) is 9.59 Å². The van der Waals surface area contributed by atoms with E-state index in [4.69, 9.17) is 4.74 Å². The van der Waals surface area contributed by atoms with Crippen LogP contribution in [0.3, 0.4) is 0 Å². The molecule has 0 bridgehead atoms. The van der Waals surface area contributed by atoms with Gasteiger partial charge in [0.25, 0.3) is 5.91 Å². The Morgan fingerprint density at radius 1 is 0.969 bits per heavy atom. The summed E-state index contributed by atoms with van der Waals surface area (Å²) in [7, 11) is 0. The fraction of sp³-hybridized carbons (Fsp3) is 0.739. The molecule has 1 aromatic heterocycles. The number of morpholine rings is 1. The molecule has 0 aromatic carbocycles. The van der Waals surface area contributed by atoms with Crippen LogP contribution in [-0.4, -0.2) is 109 Å². The maximum absolute atomic E-state index is 13.3. The average Bonchev–Trinajstić information content (AvgIpc) is 3.43. The van der Waals surface area contributed by atoms with E-state index in [1.165, 1.54) is 6.42 Å². The molecule has 5 heterocycles. The summed E-state index contributed by atoms with van der Waals surface area (Å²) in [6.07, 6.45) is 8.32. The van der Waals surface area contributed by atoms with Gasteiger partial charge in [-0.15, -0.1) is 0 Å². The minimum atomic E-state index is -0.320. The molecule has 9 heteroatoms. The third-order valence-electron chi connectivity index (χ3n) is 7.55. The fourth-order valence-electron chi connectivity index (χ4n) is 5.51. The van der Waals surface area contributed by atoms with Crippen molar-refractivity contribution >= 4 is 17.6 Å². The fourth-order valence-corrected chi connectivity index (χ4v) is 5.51. The molecule has 9 nitrogen and oxygen atoms in total. The number of carbonyl (C=O) groups excluding carboxylic acids is 2. The number of aromatic nitrogens is 2. The molecular formula is C23H34N6O3. The van der Waals surface area contributed by atoms with Crippen LogP contribution >= 0.6 is 0 Å². The zero-order valence-electron chi connectivity index (χ0n) is 18.9. The van der Waals surface area contributed by atoms with E-state index in [-0.39, 0.29) is 17.2 Å². The van der Waals surface area contributed by atoms with E-state index >= 15 is 0 Å². The number of nitrogens with zero attached hydrogens (tertiary/aromatic N) is 6. The van der Waals surface area contributed by atoms with Crippen molar-refractivity contribution in [1.82, 2.24) is 24.7 Å². The van der Waals surface area contributed by atoms with E-state index in [2.05, 4.69) is 19.8 Å². The number of rotatable bonds is 5. The number of anilines is 1. The maximum Gasteiger partial charge on any atom is 0.274 e. The first-order valence-corrected chi connectivity index (χ1v) is 12.1. The average molecular weight is 443 g/mol. The van der Waals surface area contributed by atoms with Crippen LogP contribution in [0.4, 0.5) is 5.82 Å². The van der Waals surface area contributed by atoms with Crippen molar-refractivity contribution < 1.29 is 14.3 Å². The molecule has 5 rings (SSSR count). The van der Waals surface area contributed by atoms with E-state index in [0.717, 1.165) is 91.3 Å². The molecule has 2 amide bonds. The summed E-state index contributed by atoms with van der Waals surface area (Å²) in [6.45, 7) is 9.05. The number of hydrogen-bond donors (Lipinski definition) is 0. The highest BCUT2D eigenvalue weighted by Gasteiger charge is 2.50. The van der Waals surface area contributed by atoms with E-state index < -0.39 is 0 Å². The van der Waals surface area contributed by atoms with Crippen LogP contribution in [0.5, 0.6) is 0 Å². The van der Waals surface area contributed by atoms with Crippen molar-refractivity contribution in [3.8, 4) is 0 Å². The Hall–Kier alpha value is -2.26. The van der Waals surface area contributed by atoms with Crippen LogP contribution in [0.1, 0.15) is 42.6 Å². The van der Waals surface area contributed by atoms with Crippen molar-refractivity contribution in [1.29, 1.82) is 0 Å². The molecule has 1 spiro atoms. The van der Waals surface area contributed by atoms with Crippen LogP contribution in [0.25, 0.3) is 0 Å². The molecule has 0 N–H and O–H groups in total. The molecule has 0 saturated carbocycles. The predicted octanol–water partition coefficient (Wildman–Crippen LogP) is 0.864. The Kier molecular flexibility index (Phi) is 6.28. The van der Waals surface area contributed by atoms with Gasteiger partial charge in [-0.05, 0) is 32.1 Å². The van der Waals surface area contributed by atoms with Gasteiger partial charge in [0.2, 0.25) is 5.91 Å². The Labute approximate surface area is 189 Å². The van der Waals surface area contributed by atoms with Gasteiger partial charge in [-0.25, -0.2) is 4.98 Å². The molecule has 0 radical (unpaired) electrons. The van der Waals surface area contributed by atoms with Gasteiger partial charge in [-0.2, -0.15) is 0 Å². The van der Waals surface area contributed by atoms with Gasteiger partial charge in [-0.1, -0.05) is 0 Å². The van der Waals surface area contributed by atoms with Gasteiger partial charge in [0.05, 0.1) is 31.0 Å². The number of ether oxygens (including phenoxy) is 1. The number of likely N-dealkylation sites (tertiary alicyclic amines) is 2. The van der Waals surface area contributed by atoms with E-state index in [0.29, 0.717) is 18.1 Å². The van der Waals surface area contributed by atoms with Crippen LogP contribution in [0.15, 0.2) is 12.4 Å². The lowest BCUT2D eigenvalue weighted by Gasteiger charge is -2.29. The minimum absolute atomic E-state index is 0.0285. The van der Waals surface area contributed by atoms with Gasteiger partial charge in [0.15, 0.2) is 0 Å². The van der Waals surface area contributed by atoms with Gasteiger partial charge < -0.3 is 19.4 Å². The second kappa shape index (κ2) is 9.31.